The fraction of sp³-hybridized carbons (Fsp3) is 0.368. The molecule has 1 heterocycles. The van der Waals surface area contributed by atoms with Crippen molar-refractivity contribution < 1.29 is 17.9 Å². The Morgan fingerprint density at radius 2 is 1.92 bits per heavy atom. The van der Waals surface area contributed by atoms with Gasteiger partial charge >= 0.3 is 0 Å². The summed E-state index contributed by atoms with van der Waals surface area (Å²) in [6, 6.07) is 10.2. The van der Waals surface area contributed by atoms with E-state index in [2.05, 4.69) is 4.90 Å². The van der Waals surface area contributed by atoms with E-state index in [1.807, 2.05) is 13.0 Å². The predicted molar refractivity (Wildman–Crippen MR) is 99.7 cm³/mol. The number of rotatable bonds is 5. The number of hydrogen-bond donors (Lipinski definition) is 1. The zero-order valence-corrected chi connectivity index (χ0v) is 16.0. The maximum absolute atomic E-state index is 13.4. The standard InChI is InChI=1S/C19H22FNO3S.Li/c1-14-11-18(25(23,24)17-4-2-3-16(20)12-17)5-6-19(14)15-7-8-21(13-15)9-10-22;/h2-6,11-12,15,22H,7-10,13H2,1H3;. The van der Waals surface area contributed by atoms with Gasteiger partial charge in [0.2, 0.25) is 9.84 Å². The van der Waals surface area contributed by atoms with E-state index in [1.54, 1.807) is 12.1 Å². The van der Waals surface area contributed by atoms with Crippen LogP contribution in [0, 0.1) is 12.7 Å². The Kier molecular flexibility index (Phi) is 7.06. The van der Waals surface area contributed by atoms with Crippen molar-refractivity contribution in [2.24, 2.45) is 0 Å². The second kappa shape index (κ2) is 8.68. The number of benzene rings is 2. The van der Waals surface area contributed by atoms with Crippen LogP contribution in [0.2, 0.25) is 0 Å². The van der Waals surface area contributed by atoms with Gasteiger partial charge in [0.25, 0.3) is 0 Å². The van der Waals surface area contributed by atoms with Gasteiger partial charge in [-0.1, -0.05) is 12.1 Å². The molecule has 1 fully saturated rings. The smallest absolute Gasteiger partial charge is 0.206 e. The molecule has 0 saturated carbocycles. The van der Waals surface area contributed by atoms with Gasteiger partial charge in [-0.15, -0.1) is 0 Å². The number of aliphatic hydroxyl groups is 1. The molecule has 1 saturated heterocycles. The summed E-state index contributed by atoms with van der Waals surface area (Å²) in [7, 11) is -3.73. The van der Waals surface area contributed by atoms with Crippen molar-refractivity contribution in [1.29, 1.82) is 0 Å². The van der Waals surface area contributed by atoms with Gasteiger partial charge in [0.1, 0.15) is 5.82 Å². The van der Waals surface area contributed by atoms with Gasteiger partial charge < -0.3 is 10.0 Å². The number of nitrogens with zero attached hydrogens (tertiary/aromatic N) is 1. The topological polar surface area (TPSA) is 57.6 Å². The van der Waals surface area contributed by atoms with Crippen molar-refractivity contribution in [3.8, 4) is 0 Å². The summed E-state index contributed by atoms with van der Waals surface area (Å²) in [5, 5.41) is 9.06. The van der Waals surface area contributed by atoms with E-state index < -0.39 is 15.7 Å². The van der Waals surface area contributed by atoms with Crippen LogP contribution in [0.15, 0.2) is 52.3 Å². The van der Waals surface area contributed by atoms with Crippen LogP contribution >= 0.6 is 0 Å². The van der Waals surface area contributed by atoms with Crippen molar-refractivity contribution in [3.05, 3.63) is 59.4 Å². The molecule has 0 spiro atoms. The van der Waals surface area contributed by atoms with E-state index in [-0.39, 0.29) is 35.3 Å². The third-order valence-electron chi connectivity index (χ3n) is 4.79. The molecule has 4 nitrogen and oxygen atoms in total. The summed E-state index contributed by atoms with van der Waals surface area (Å²) < 4.78 is 38.8. The Hall–Kier alpha value is -1.16. The van der Waals surface area contributed by atoms with Crippen LogP contribution in [0.3, 0.4) is 0 Å². The normalized spacial score (nSPS) is 17.9. The summed E-state index contributed by atoms with van der Waals surface area (Å²) >= 11 is 0. The molecule has 135 valence electrons. The molecule has 2 aromatic carbocycles. The van der Waals surface area contributed by atoms with Gasteiger partial charge in [-0.2, -0.15) is 0 Å². The maximum Gasteiger partial charge on any atom is 0.206 e. The molecule has 1 radical (unpaired) electrons. The molecule has 1 unspecified atom stereocenters. The van der Waals surface area contributed by atoms with Gasteiger partial charge in [-0.3, -0.25) is 0 Å². The molecule has 1 N–H and O–H groups in total. The Balaban J connectivity index is 0.00000243. The van der Waals surface area contributed by atoms with Crippen molar-refractivity contribution in [2.45, 2.75) is 29.1 Å². The quantitative estimate of drug-likeness (QED) is 0.821. The molecule has 0 aromatic heterocycles. The maximum atomic E-state index is 13.4. The minimum absolute atomic E-state index is 0. The molecular formula is C19H22FLiNO3S. The van der Waals surface area contributed by atoms with Crippen molar-refractivity contribution >= 4 is 28.7 Å². The number of aryl methyl sites for hydroxylation is 1. The molecule has 0 bridgehead atoms. The molecule has 1 aliphatic heterocycles. The minimum atomic E-state index is -3.73. The van der Waals surface area contributed by atoms with Gasteiger partial charge in [-0.05, 0) is 67.3 Å². The summed E-state index contributed by atoms with van der Waals surface area (Å²) in [5.41, 5.74) is 2.06. The van der Waals surface area contributed by atoms with Crippen LogP contribution in [0.1, 0.15) is 23.5 Å². The van der Waals surface area contributed by atoms with E-state index in [0.717, 1.165) is 36.7 Å². The molecule has 2 aromatic rings. The van der Waals surface area contributed by atoms with Crippen LogP contribution in [0.5, 0.6) is 0 Å². The summed E-state index contributed by atoms with van der Waals surface area (Å²) in [6.45, 7) is 4.54. The van der Waals surface area contributed by atoms with Gasteiger partial charge in [0.15, 0.2) is 0 Å². The first-order valence-electron chi connectivity index (χ1n) is 8.36. The molecule has 1 aliphatic rings. The van der Waals surface area contributed by atoms with Gasteiger partial charge in [0.05, 0.1) is 16.4 Å². The van der Waals surface area contributed by atoms with Crippen molar-refractivity contribution in [3.63, 3.8) is 0 Å². The first-order chi connectivity index (χ1) is 11.9. The number of halogens is 1. The van der Waals surface area contributed by atoms with Crippen LogP contribution in [0.4, 0.5) is 4.39 Å². The fourth-order valence-corrected chi connectivity index (χ4v) is 4.85. The predicted octanol–water partition coefficient (Wildman–Crippen LogP) is 2.37. The van der Waals surface area contributed by atoms with Crippen LogP contribution in [-0.4, -0.2) is 63.5 Å². The molecular weight excluding hydrogens is 348 g/mol. The van der Waals surface area contributed by atoms with E-state index in [4.69, 9.17) is 5.11 Å². The average Bonchev–Trinajstić information content (AvgIpc) is 3.03. The summed E-state index contributed by atoms with van der Waals surface area (Å²) in [4.78, 5) is 2.36. The van der Waals surface area contributed by atoms with Crippen LogP contribution in [-0.2, 0) is 9.84 Å². The SMILES string of the molecule is Cc1cc(S(=O)(=O)c2cccc(F)c2)ccc1C1CCN(CCO)C1.[Li]. The molecule has 0 amide bonds. The molecule has 26 heavy (non-hydrogen) atoms. The zero-order valence-electron chi connectivity index (χ0n) is 15.2. The number of likely N-dealkylation sites (tertiary alicyclic amines) is 1. The molecule has 7 heteroatoms. The minimum Gasteiger partial charge on any atom is -0.395 e. The van der Waals surface area contributed by atoms with E-state index in [1.165, 1.54) is 18.2 Å². The molecule has 0 aliphatic carbocycles. The average molecular weight is 370 g/mol. The first kappa shape index (κ1) is 21.1. The third kappa shape index (κ3) is 4.38. The van der Waals surface area contributed by atoms with Gasteiger partial charge in [0, 0.05) is 32.0 Å². The van der Waals surface area contributed by atoms with E-state index in [0.29, 0.717) is 12.5 Å². The fourth-order valence-electron chi connectivity index (χ4n) is 3.47. The number of aliphatic hydroxyl groups excluding tert-OH is 1. The second-order valence-electron chi connectivity index (χ2n) is 6.49. The Labute approximate surface area is 166 Å². The monoisotopic (exact) mass is 370 g/mol. The number of sulfone groups is 1. The third-order valence-corrected chi connectivity index (χ3v) is 6.54. The Morgan fingerprint density at radius 1 is 1.19 bits per heavy atom. The van der Waals surface area contributed by atoms with Crippen molar-refractivity contribution in [2.75, 3.05) is 26.2 Å². The zero-order chi connectivity index (χ0) is 18.0. The van der Waals surface area contributed by atoms with Crippen LogP contribution in [0.25, 0.3) is 0 Å². The summed E-state index contributed by atoms with van der Waals surface area (Å²) in [5.74, 6) is -0.221. The second-order valence-corrected chi connectivity index (χ2v) is 8.44. The number of hydrogen-bond acceptors (Lipinski definition) is 4. The van der Waals surface area contributed by atoms with E-state index in [9.17, 15) is 12.8 Å². The number of β-amino-alcohol motifs (C(OH)–C–C–N with tert-alkyl or cyclic N) is 1. The first-order valence-corrected chi connectivity index (χ1v) is 9.84. The molecule has 1 atom stereocenters. The van der Waals surface area contributed by atoms with E-state index >= 15 is 0 Å². The van der Waals surface area contributed by atoms with Crippen LogP contribution < -0.4 is 0 Å². The molecule has 3 rings (SSSR count). The van der Waals surface area contributed by atoms with Crippen molar-refractivity contribution in [1.82, 2.24) is 4.90 Å². The summed E-state index contributed by atoms with van der Waals surface area (Å²) in [6.07, 6.45) is 0.997. The van der Waals surface area contributed by atoms with Gasteiger partial charge in [-0.25, -0.2) is 12.8 Å². The Morgan fingerprint density at radius 3 is 2.58 bits per heavy atom. The largest absolute Gasteiger partial charge is 0.395 e. The Bertz CT molecular complexity index is 873.